The van der Waals surface area contributed by atoms with E-state index in [1.807, 2.05) is 12.1 Å². The summed E-state index contributed by atoms with van der Waals surface area (Å²) in [6.45, 7) is 2.73. The van der Waals surface area contributed by atoms with Crippen LogP contribution < -0.4 is 4.90 Å². The van der Waals surface area contributed by atoms with Gasteiger partial charge in [-0.3, -0.25) is 4.90 Å². The summed E-state index contributed by atoms with van der Waals surface area (Å²) in [5.41, 5.74) is 0. The van der Waals surface area contributed by atoms with Gasteiger partial charge in [-0.05, 0) is 44.9 Å². The van der Waals surface area contributed by atoms with Crippen molar-refractivity contribution in [1.82, 2.24) is 25.2 Å². The van der Waals surface area contributed by atoms with Gasteiger partial charge in [0.05, 0.1) is 6.54 Å². The molecule has 0 aromatic carbocycles. The second kappa shape index (κ2) is 6.23. The molecule has 1 aliphatic carbocycles. The lowest BCUT2D eigenvalue weighted by atomic mass is 10.2. The Balaban J connectivity index is 1.36. The first-order valence-electron chi connectivity index (χ1n) is 8.35. The van der Waals surface area contributed by atoms with Crippen LogP contribution in [-0.4, -0.2) is 51.4 Å². The summed E-state index contributed by atoms with van der Waals surface area (Å²) in [6, 6.07) is 4.44. The Bertz CT molecular complexity index is 641. The van der Waals surface area contributed by atoms with E-state index in [0.717, 1.165) is 37.2 Å². The molecule has 3 heterocycles. The zero-order valence-corrected chi connectivity index (χ0v) is 13.4. The molecule has 122 valence electrons. The van der Waals surface area contributed by atoms with Crippen LogP contribution in [0.4, 0.5) is 5.82 Å². The molecule has 1 unspecified atom stereocenters. The van der Waals surface area contributed by atoms with Crippen molar-refractivity contribution in [1.29, 1.82) is 0 Å². The van der Waals surface area contributed by atoms with Crippen LogP contribution in [0.25, 0.3) is 0 Å². The van der Waals surface area contributed by atoms with Gasteiger partial charge < -0.3 is 9.42 Å². The number of rotatable bonds is 6. The lowest BCUT2D eigenvalue weighted by Gasteiger charge is -2.28. The van der Waals surface area contributed by atoms with E-state index in [9.17, 15) is 0 Å². The van der Waals surface area contributed by atoms with Gasteiger partial charge >= 0.3 is 0 Å². The van der Waals surface area contributed by atoms with Crippen LogP contribution in [0.5, 0.6) is 0 Å². The van der Waals surface area contributed by atoms with Gasteiger partial charge in [0.15, 0.2) is 11.6 Å². The van der Waals surface area contributed by atoms with Crippen molar-refractivity contribution in [2.75, 3.05) is 25.0 Å². The molecule has 1 atom stereocenters. The van der Waals surface area contributed by atoms with Gasteiger partial charge in [0.2, 0.25) is 5.89 Å². The summed E-state index contributed by atoms with van der Waals surface area (Å²) in [7, 11) is 2.11. The quantitative estimate of drug-likeness (QED) is 0.805. The second-order valence-electron chi connectivity index (χ2n) is 6.59. The topological polar surface area (TPSA) is 71.2 Å². The predicted molar refractivity (Wildman–Crippen MR) is 85.0 cm³/mol. The largest absolute Gasteiger partial charge is 0.351 e. The Morgan fingerprint density at radius 3 is 3.04 bits per heavy atom. The Morgan fingerprint density at radius 1 is 1.35 bits per heavy atom. The van der Waals surface area contributed by atoms with E-state index < -0.39 is 0 Å². The molecule has 2 aliphatic rings. The first kappa shape index (κ1) is 14.6. The van der Waals surface area contributed by atoms with Crippen molar-refractivity contribution in [3.05, 3.63) is 30.0 Å². The number of hydrogen-bond acceptors (Lipinski definition) is 7. The van der Waals surface area contributed by atoms with Crippen LogP contribution in [0.15, 0.2) is 22.9 Å². The van der Waals surface area contributed by atoms with Gasteiger partial charge in [-0.25, -0.2) is 0 Å². The number of likely N-dealkylation sites (N-methyl/N-ethyl adjacent to an activating group) is 1. The van der Waals surface area contributed by atoms with E-state index in [1.54, 1.807) is 6.20 Å². The highest BCUT2D eigenvalue weighted by Gasteiger charge is 2.30. The van der Waals surface area contributed by atoms with E-state index in [-0.39, 0.29) is 0 Å². The summed E-state index contributed by atoms with van der Waals surface area (Å²) < 4.78 is 5.33. The smallest absolute Gasteiger partial charge is 0.229 e. The van der Waals surface area contributed by atoms with Crippen LogP contribution in [0, 0.1) is 0 Å². The minimum atomic E-state index is 0.464. The normalized spacial score (nSPS) is 21.3. The van der Waals surface area contributed by atoms with Gasteiger partial charge in [0, 0.05) is 31.2 Å². The molecule has 0 N–H and O–H groups in total. The molecule has 0 amide bonds. The zero-order chi connectivity index (χ0) is 15.6. The molecule has 7 nitrogen and oxygen atoms in total. The third kappa shape index (κ3) is 3.34. The van der Waals surface area contributed by atoms with Crippen molar-refractivity contribution in [2.45, 2.75) is 44.2 Å². The molecule has 0 radical (unpaired) electrons. The highest BCUT2D eigenvalue weighted by Crippen LogP contribution is 2.38. The molecule has 0 spiro atoms. The summed E-state index contributed by atoms with van der Waals surface area (Å²) >= 11 is 0. The Kier molecular flexibility index (Phi) is 3.95. The average molecular weight is 314 g/mol. The Hall–Kier alpha value is -2.02. The monoisotopic (exact) mass is 314 g/mol. The molecule has 2 aromatic rings. The summed E-state index contributed by atoms with van der Waals surface area (Å²) in [6.07, 6.45) is 6.47. The molecule has 1 saturated carbocycles. The fraction of sp³-hybridized carbons (Fsp3) is 0.625. The zero-order valence-electron chi connectivity index (χ0n) is 13.4. The van der Waals surface area contributed by atoms with Gasteiger partial charge in [0.1, 0.15) is 0 Å². The van der Waals surface area contributed by atoms with E-state index in [4.69, 9.17) is 4.52 Å². The van der Waals surface area contributed by atoms with Crippen LogP contribution in [0.1, 0.15) is 43.3 Å². The van der Waals surface area contributed by atoms with Crippen molar-refractivity contribution >= 4 is 5.82 Å². The molecule has 4 rings (SSSR count). The lowest BCUT2D eigenvalue weighted by Crippen LogP contribution is -2.39. The Labute approximate surface area is 135 Å². The maximum absolute atomic E-state index is 5.33. The highest BCUT2D eigenvalue weighted by atomic mass is 16.5. The average Bonchev–Trinajstić information content (AvgIpc) is 3.14. The molecule has 1 saturated heterocycles. The van der Waals surface area contributed by atoms with Gasteiger partial charge in [0.25, 0.3) is 0 Å². The van der Waals surface area contributed by atoms with E-state index in [2.05, 4.69) is 37.2 Å². The van der Waals surface area contributed by atoms with Gasteiger partial charge in [-0.1, -0.05) is 5.16 Å². The minimum absolute atomic E-state index is 0.464. The van der Waals surface area contributed by atoms with Crippen molar-refractivity contribution in [3.8, 4) is 0 Å². The number of nitrogens with zero attached hydrogens (tertiary/aromatic N) is 6. The third-order valence-electron chi connectivity index (χ3n) is 4.57. The van der Waals surface area contributed by atoms with Gasteiger partial charge in [-0.2, -0.15) is 10.1 Å². The first-order chi connectivity index (χ1) is 11.3. The standard InChI is InChI=1S/C16H22N6O/c1-21(11-14-18-16(23-20-14)12-6-7-12)10-13-4-3-9-22(13)15-5-2-8-17-19-15/h2,5,8,12-13H,3-4,6-7,9-11H2,1H3. The van der Waals surface area contributed by atoms with Crippen LogP contribution in [0.2, 0.25) is 0 Å². The molecule has 7 heteroatoms. The first-order valence-corrected chi connectivity index (χ1v) is 8.35. The van der Waals surface area contributed by atoms with E-state index >= 15 is 0 Å². The SMILES string of the molecule is CN(Cc1noc(C2CC2)n1)CC1CCCN1c1cccnn1. The summed E-state index contributed by atoms with van der Waals surface area (Å²) in [5, 5.41) is 12.4. The summed E-state index contributed by atoms with van der Waals surface area (Å²) in [5.74, 6) is 3.09. The fourth-order valence-electron chi connectivity index (χ4n) is 3.27. The fourth-order valence-corrected chi connectivity index (χ4v) is 3.27. The van der Waals surface area contributed by atoms with Crippen molar-refractivity contribution < 1.29 is 4.52 Å². The highest BCUT2D eigenvalue weighted by molar-refractivity contribution is 5.39. The molecule has 2 fully saturated rings. The molecule has 1 aliphatic heterocycles. The van der Waals surface area contributed by atoms with E-state index in [0.29, 0.717) is 12.0 Å². The minimum Gasteiger partial charge on any atom is -0.351 e. The number of anilines is 1. The maximum Gasteiger partial charge on any atom is 0.229 e. The molecule has 2 aromatic heterocycles. The van der Waals surface area contributed by atoms with E-state index in [1.165, 1.54) is 25.7 Å². The summed E-state index contributed by atoms with van der Waals surface area (Å²) in [4.78, 5) is 9.13. The Morgan fingerprint density at radius 2 is 2.26 bits per heavy atom. The second-order valence-corrected chi connectivity index (χ2v) is 6.59. The van der Waals surface area contributed by atoms with Crippen molar-refractivity contribution in [3.63, 3.8) is 0 Å². The molecular formula is C16H22N6O. The molecular weight excluding hydrogens is 292 g/mol. The number of aromatic nitrogens is 4. The van der Waals surface area contributed by atoms with Crippen LogP contribution >= 0.6 is 0 Å². The molecule has 23 heavy (non-hydrogen) atoms. The maximum atomic E-state index is 5.33. The lowest BCUT2D eigenvalue weighted by molar-refractivity contribution is 0.287. The third-order valence-corrected chi connectivity index (χ3v) is 4.57. The van der Waals surface area contributed by atoms with Crippen LogP contribution in [0.3, 0.4) is 0 Å². The molecule has 0 bridgehead atoms. The van der Waals surface area contributed by atoms with Crippen molar-refractivity contribution in [2.24, 2.45) is 0 Å². The predicted octanol–water partition coefficient (Wildman–Crippen LogP) is 1.84. The number of hydrogen-bond donors (Lipinski definition) is 0. The van der Waals surface area contributed by atoms with Gasteiger partial charge in [-0.15, -0.1) is 5.10 Å². The van der Waals surface area contributed by atoms with Crippen LogP contribution in [-0.2, 0) is 6.54 Å².